The van der Waals surface area contributed by atoms with Gasteiger partial charge < -0.3 is 0 Å². The van der Waals surface area contributed by atoms with Crippen LogP contribution >= 0.6 is 0 Å². The molecule has 0 aliphatic rings. The molecule has 0 aromatic heterocycles. The van der Waals surface area contributed by atoms with Gasteiger partial charge in [0.25, 0.3) is 0 Å². The molecule has 43 heavy (non-hydrogen) atoms. The van der Waals surface area contributed by atoms with Crippen molar-refractivity contribution in [1.29, 1.82) is 31.6 Å². The first-order valence-electron chi connectivity index (χ1n) is 9.00. The highest BCUT2D eigenvalue weighted by atomic mass is 19.4. The van der Waals surface area contributed by atoms with E-state index in [1.807, 2.05) is 0 Å². The topological polar surface area (TPSA) is 198 Å². The Morgan fingerprint density at radius 1 is 0.349 bits per heavy atom. The van der Waals surface area contributed by atoms with Crippen LogP contribution in [0.5, 0.6) is 0 Å². The Kier molecular flexibility index (Phi) is 10.9. The van der Waals surface area contributed by atoms with Crippen LogP contribution in [0.2, 0.25) is 0 Å². The van der Waals surface area contributed by atoms with E-state index in [-0.39, 0.29) is 36.4 Å². The molecule has 0 saturated carbocycles. The van der Waals surface area contributed by atoms with E-state index in [1.54, 1.807) is 0 Å². The van der Waals surface area contributed by atoms with Gasteiger partial charge in [-0.1, -0.05) is 0 Å². The average molecular weight is 656 g/mol. The summed E-state index contributed by atoms with van der Waals surface area (Å²) in [5.74, 6) is -20.1. The monoisotopic (exact) mass is 656 g/mol. The zero-order valence-electron chi connectivity index (χ0n) is 18.9. The molecular weight excluding hydrogens is 656 g/mol. The molecular formula is C15BF15N6O6. The molecule has 0 aromatic rings. The lowest BCUT2D eigenvalue weighted by molar-refractivity contribution is -0.441. The molecule has 0 aromatic carbocycles. The third-order valence-electron chi connectivity index (χ3n) is 4.09. The van der Waals surface area contributed by atoms with Gasteiger partial charge in [0.15, 0.2) is 0 Å². The van der Waals surface area contributed by atoms with Crippen molar-refractivity contribution in [1.82, 2.24) is 0 Å². The summed E-state index contributed by atoms with van der Waals surface area (Å²) in [5.41, 5.74) is -16.1. The van der Waals surface area contributed by atoms with Crippen LogP contribution in [0, 0.1) is 68.0 Å². The number of halogens is 15. The zero-order chi connectivity index (χ0) is 34.6. The van der Waals surface area contributed by atoms with Gasteiger partial charge in [0.2, 0.25) is 0 Å². The quantitative estimate of drug-likeness (QED) is 0.128. The number of hydrogen-bond donors (Lipinski definition) is 0. The number of alkyl halides is 15. The molecule has 0 atom stereocenters. The Morgan fingerprint density at radius 3 is 0.628 bits per heavy atom. The molecule has 234 valence electrons. The fourth-order valence-electron chi connectivity index (χ4n) is 1.75. The highest BCUT2D eigenvalue weighted by Crippen LogP contribution is 2.48. The van der Waals surface area contributed by atoms with Gasteiger partial charge in [-0.15, -0.1) is 0 Å². The van der Waals surface area contributed by atoms with Crippen molar-refractivity contribution in [2.45, 2.75) is 53.1 Å². The first-order chi connectivity index (χ1) is 19.1. The van der Waals surface area contributed by atoms with Gasteiger partial charge in [0.05, 0.1) is 0 Å². The molecule has 0 bridgehead atoms. The van der Waals surface area contributed by atoms with E-state index in [0.29, 0.717) is 0 Å². The van der Waals surface area contributed by atoms with Gasteiger partial charge in [-0.05, 0) is 0 Å². The fourth-order valence-corrected chi connectivity index (χ4v) is 1.75. The number of rotatable bonds is 12. The van der Waals surface area contributed by atoms with Crippen molar-refractivity contribution in [2.75, 3.05) is 0 Å². The van der Waals surface area contributed by atoms with Crippen molar-refractivity contribution in [3.05, 3.63) is 0 Å². The second kappa shape index (κ2) is 12.1. The molecule has 12 nitrogen and oxygen atoms in total. The minimum atomic E-state index is -6.96. The zero-order valence-corrected chi connectivity index (χ0v) is 18.9. The highest BCUT2D eigenvalue weighted by Gasteiger charge is 2.77. The Morgan fingerprint density at radius 2 is 0.512 bits per heavy atom. The third kappa shape index (κ3) is 6.55. The van der Waals surface area contributed by atoms with Crippen molar-refractivity contribution in [2.24, 2.45) is 0 Å². The van der Waals surface area contributed by atoms with Crippen LogP contribution in [0.1, 0.15) is 0 Å². The Bertz CT molecular complexity index is 1100. The molecule has 0 fully saturated rings. The van der Waals surface area contributed by atoms with Gasteiger partial charge >= 0.3 is 60.4 Å². The van der Waals surface area contributed by atoms with Crippen molar-refractivity contribution >= 4 is 7.32 Å². The maximum atomic E-state index is 13.7. The van der Waals surface area contributed by atoms with Gasteiger partial charge in [-0.3, -0.25) is 0 Å². The number of nitrogens with zero attached hydrogens (tertiary/aromatic N) is 6. The van der Waals surface area contributed by atoms with Crippen LogP contribution < -0.4 is 0 Å². The summed E-state index contributed by atoms with van der Waals surface area (Å²) in [7, 11) is -4.37. The molecule has 0 amide bonds. The standard InChI is InChI=1S/C15BF15N6O6/c17-10(18,13(23,24)25)7(1-32,2-33)38-41-16(42-39-8(3-34,4-35)11(19,20)14(26,27)28)43-40-9(5-36,6-37)12(21,22)15(29,30)31. The molecule has 0 radical (unpaired) electrons. The minimum Gasteiger partial charge on any atom is -0.226 e. The largest absolute Gasteiger partial charge is 0.725 e. The molecule has 0 aliphatic carbocycles. The van der Waals surface area contributed by atoms with Crippen LogP contribution in [-0.2, 0) is 29.1 Å². The molecule has 0 unspecified atom stereocenters. The van der Waals surface area contributed by atoms with Crippen molar-refractivity contribution in [3.63, 3.8) is 0 Å². The summed E-state index contributed by atoms with van der Waals surface area (Å²) < 4.78 is 196. The average Bonchev–Trinajstić information content (AvgIpc) is 2.88. The van der Waals surface area contributed by atoms with E-state index in [9.17, 15) is 65.9 Å². The second-order valence-electron chi connectivity index (χ2n) is 6.76. The van der Waals surface area contributed by atoms with Crippen molar-refractivity contribution < 1.29 is 94.9 Å². The van der Waals surface area contributed by atoms with Crippen molar-refractivity contribution in [3.8, 4) is 36.4 Å². The molecule has 0 spiro atoms. The molecule has 0 N–H and O–H groups in total. The van der Waals surface area contributed by atoms with E-state index in [4.69, 9.17) is 31.6 Å². The van der Waals surface area contributed by atoms with Crippen LogP contribution in [0.25, 0.3) is 0 Å². The SMILES string of the molecule is N#CC(C#N)(OOB(OOC(C#N)(C#N)C(F)(F)C(F)(F)F)OOC(C#N)(C#N)C(F)(F)C(F)(F)F)C(F)(F)C(F)(F)F. The summed E-state index contributed by atoms with van der Waals surface area (Å²) >= 11 is 0. The maximum absolute atomic E-state index is 13.7. The normalized spacial score (nSPS) is 13.9. The molecule has 0 saturated heterocycles. The number of hydrogen-bond acceptors (Lipinski definition) is 12. The van der Waals surface area contributed by atoms with E-state index in [0.717, 1.165) is 0 Å². The summed E-state index contributed by atoms with van der Waals surface area (Å²) in [6.07, 6.45) is -20.9. The number of nitriles is 6. The highest BCUT2D eigenvalue weighted by molar-refractivity contribution is 6.35. The summed E-state index contributed by atoms with van der Waals surface area (Å²) in [6, 6.07) is -1.04. The van der Waals surface area contributed by atoms with Crippen LogP contribution in [0.3, 0.4) is 0 Å². The molecule has 0 heterocycles. The van der Waals surface area contributed by atoms with Crippen LogP contribution in [0.4, 0.5) is 65.9 Å². The summed E-state index contributed by atoms with van der Waals surface area (Å²) in [6.45, 7) is 0. The lowest BCUT2D eigenvalue weighted by atomic mass is 9.98. The fraction of sp³-hybridized carbons (Fsp3) is 0.600. The lowest BCUT2D eigenvalue weighted by Gasteiger charge is -2.31. The van der Waals surface area contributed by atoms with Gasteiger partial charge in [0, 0.05) is 0 Å². The summed E-state index contributed by atoms with van der Waals surface area (Å²) in [5, 5.41) is 51.8. The van der Waals surface area contributed by atoms with Crippen LogP contribution in [-0.4, -0.2) is 60.4 Å². The predicted molar refractivity (Wildman–Crippen MR) is 87.1 cm³/mol. The molecule has 28 heteroatoms. The predicted octanol–water partition coefficient (Wildman–Crippen LogP) is 3.77. The Labute approximate surface area is 224 Å². The van der Waals surface area contributed by atoms with Crippen LogP contribution in [0.15, 0.2) is 0 Å². The molecule has 0 aliphatic heterocycles. The maximum Gasteiger partial charge on any atom is 0.725 e. The van der Waals surface area contributed by atoms with E-state index < -0.39 is 60.4 Å². The summed E-state index contributed by atoms with van der Waals surface area (Å²) in [4.78, 5) is 19.0. The first kappa shape index (κ1) is 38.7. The van der Waals surface area contributed by atoms with E-state index in [1.165, 1.54) is 0 Å². The smallest absolute Gasteiger partial charge is 0.226 e. The van der Waals surface area contributed by atoms with Gasteiger partial charge in [0.1, 0.15) is 36.4 Å². The third-order valence-corrected chi connectivity index (χ3v) is 4.09. The Hall–Kier alpha value is -4.29. The minimum absolute atomic E-state index is 0.173. The Balaban J connectivity index is 6.88. The van der Waals surface area contributed by atoms with Gasteiger partial charge in [-0.2, -0.15) is 97.4 Å². The van der Waals surface area contributed by atoms with E-state index in [2.05, 4.69) is 29.1 Å². The molecule has 0 rings (SSSR count). The van der Waals surface area contributed by atoms with Gasteiger partial charge in [-0.25, -0.2) is 29.1 Å². The first-order valence-corrected chi connectivity index (χ1v) is 9.00. The van der Waals surface area contributed by atoms with E-state index >= 15 is 0 Å². The lowest BCUT2D eigenvalue weighted by Crippen LogP contribution is -2.60. The second-order valence-corrected chi connectivity index (χ2v) is 6.76.